The molecule has 0 saturated carbocycles. The number of rotatable bonds is 11. The third-order valence-electron chi connectivity index (χ3n) is 8.23. The van der Waals surface area contributed by atoms with Crippen molar-refractivity contribution in [2.75, 3.05) is 19.7 Å². The molecular weight excluding hydrogens is 474 g/mol. The van der Waals surface area contributed by atoms with Crippen molar-refractivity contribution >= 4 is 5.97 Å². The highest BCUT2D eigenvalue weighted by molar-refractivity contribution is 5.65. The Balaban J connectivity index is 1.54. The van der Waals surface area contributed by atoms with Crippen LogP contribution in [0.1, 0.15) is 59.4 Å². The Labute approximate surface area is 221 Å². The summed E-state index contributed by atoms with van der Waals surface area (Å²) in [5, 5.41) is 11.1. The number of hydrogen-bond acceptors (Lipinski definition) is 8. The molecule has 0 radical (unpaired) electrons. The Hall–Kier alpha value is -1.55. The number of ether oxygens (including phenoxy) is 5. The lowest BCUT2D eigenvalue weighted by atomic mass is 9.80. The van der Waals surface area contributed by atoms with E-state index in [9.17, 15) is 9.90 Å². The molecule has 0 spiro atoms. The van der Waals surface area contributed by atoms with E-state index < -0.39 is 24.6 Å². The molecule has 3 aliphatic heterocycles. The van der Waals surface area contributed by atoms with Crippen molar-refractivity contribution in [1.82, 2.24) is 4.90 Å². The third kappa shape index (κ3) is 7.11. The molecule has 8 nitrogen and oxygen atoms in total. The lowest BCUT2D eigenvalue weighted by Crippen LogP contribution is -2.60. The number of carbonyl (C=O) groups excluding carboxylic acids is 1. The second-order valence-electron chi connectivity index (χ2n) is 10.9. The van der Waals surface area contributed by atoms with Gasteiger partial charge in [-0.15, -0.1) is 0 Å². The van der Waals surface area contributed by atoms with Crippen molar-refractivity contribution in [1.29, 1.82) is 0 Å². The Kier molecular flexibility index (Phi) is 10.00. The zero-order valence-corrected chi connectivity index (χ0v) is 23.0. The van der Waals surface area contributed by atoms with Crippen molar-refractivity contribution in [2.45, 2.75) is 109 Å². The van der Waals surface area contributed by atoms with E-state index in [1.54, 1.807) is 0 Å². The van der Waals surface area contributed by atoms with Crippen molar-refractivity contribution in [3.8, 4) is 0 Å². The van der Waals surface area contributed by atoms with Gasteiger partial charge in [-0.3, -0.25) is 9.69 Å². The largest absolute Gasteiger partial charge is 0.463 e. The molecule has 1 aromatic rings. The summed E-state index contributed by atoms with van der Waals surface area (Å²) < 4.78 is 31.3. The number of aliphatic hydroxyl groups excluding tert-OH is 1. The Morgan fingerprint density at radius 2 is 1.89 bits per heavy atom. The van der Waals surface area contributed by atoms with Gasteiger partial charge in [0, 0.05) is 32.0 Å². The van der Waals surface area contributed by atoms with Crippen LogP contribution >= 0.6 is 0 Å². The number of benzene rings is 1. The molecule has 1 N–H and O–H groups in total. The molecule has 208 valence electrons. The minimum atomic E-state index is -0.767. The van der Waals surface area contributed by atoms with Crippen molar-refractivity contribution in [3.63, 3.8) is 0 Å². The van der Waals surface area contributed by atoms with Gasteiger partial charge in [0.2, 0.25) is 0 Å². The molecule has 3 fully saturated rings. The van der Waals surface area contributed by atoms with E-state index in [-0.39, 0.29) is 48.8 Å². The van der Waals surface area contributed by atoms with Gasteiger partial charge in [0.05, 0.1) is 31.0 Å². The van der Waals surface area contributed by atoms with E-state index in [1.165, 1.54) is 6.92 Å². The standard InChI is InChI=1S/C29H45NO7/c1-6-18(3)26-28(34-16-21-11-9-8-10-12-21)27(32)19(4)35-29(26)37-24-15-22(30-13-14-30)23(7-2)36-25(24)17-33-20(5)31/h8-12,18-19,22-29,32H,6-7,13-17H2,1-5H3. The van der Waals surface area contributed by atoms with Crippen LogP contribution in [-0.2, 0) is 35.1 Å². The SMILES string of the molecule is CCC(C)C1C(OC2CC(N3CC3)C(CC)OC2COC(C)=O)OC(C)C(O)C1OCc1ccccc1. The highest BCUT2D eigenvalue weighted by Crippen LogP contribution is 2.39. The zero-order valence-electron chi connectivity index (χ0n) is 23.0. The fourth-order valence-electron chi connectivity index (χ4n) is 5.74. The topological polar surface area (TPSA) is 86.5 Å². The number of esters is 1. The summed E-state index contributed by atoms with van der Waals surface area (Å²) in [7, 11) is 0. The summed E-state index contributed by atoms with van der Waals surface area (Å²) in [6, 6.07) is 10.3. The van der Waals surface area contributed by atoms with Gasteiger partial charge < -0.3 is 28.8 Å². The monoisotopic (exact) mass is 519 g/mol. The molecule has 3 aliphatic rings. The first-order valence-electron chi connectivity index (χ1n) is 14.0. The Bertz CT molecular complexity index is 850. The Morgan fingerprint density at radius 1 is 1.16 bits per heavy atom. The third-order valence-corrected chi connectivity index (χ3v) is 8.23. The van der Waals surface area contributed by atoms with Crippen LogP contribution in [0.4, 0.5) is 0 Å². The molecule has 0 aromatic heterocycles. The summed E-state index contributed by atoms with van der Waals surface area (Å²) in [6.45, 7) is 12.4. The maximum atomic E-state index is 11.6. The molecule has 3 heterocycles. The zero-order chi connectivity index (χ0) is 26.5. The minimum Gasteiger partial charge on any atom is -0.463 e. The Morgan fingerprint density at radius 3 is 2.51 bits per heavy atom. The highest BCUT2D eigenvalue weighted by atomic mass is 16.7. The van der Waals surface area contributed by atoms with Gasteiger partial charge in [-0.1, -0.05) is 57.5 Å². The summed E-state index contributed by atoms with van der Waals surface area (Å²) in [5.74, 6) is -0.311. The average Bonchev–Trinajstić information content (AvgIpc) is 3.74. The lowest BCUT2D eigenvalue weighted by Gasteiger charge is -2.49. The van der Waals surface area contributed by atoms with Crippen molar-refractivity contribution in [2.24, 2.45) is 11.8 Å². The summed E-state index contributed by atoms with van der Waals surface area (Å²) >= 11 is 0. The highest BCUT2D eigenvalue weighted by Gasteiger charge is 2.50. The second-order valence-corrected chi connectivity index (χ2v) is 10.9. The molecule has 3 saturated heterocycles. The maximum Gasteiger partial charge on any atom is 0.302 e. The normalized spacial score (nSPS) is 37.2. The minimum absolute atomic E-state index is 0.0724. The van der Waals surface area contributed by atoms with Gasteiger partial charge in [0.1, 0.15) is 18.8 Å². The summed E-state index contributed by atoms with van der Waals surface area (Å²) in [5.41, 5.74) is 1.06. The molecular formula is C29H45NO7. The van der Waals surface area contributed by atoms with Crippen LogP contribution in [0.5, 0.6) is 0 Å². The predicted octanol–water partition coefficient (Wildman–Crippen LogP) is 3.54. The quantitative estimate of drug-likeness (QED) is 0.351. The molecule has 8 heteroatoms. The van der Waals surface area contributed by atoms with Crippen LogP contribution in [0.15, 0.2) is 30.3 Å². The van der Waals surface area contributed by atoms with E-state index in [1.807, 2.05) is 37.3 Å². The molecule has 10 atom stereocenters. The van der Waals surface area contributed by atoms with Gasteiger partial charge in [0.25, 0.3) is 0 Å². The molecule has 37 heavy (non-hydrogen) atoms. The van der Waals surface area contributed by atoms with E-state index in [0.717, 1.165) is 37.9 Å². The number of nitrogens with zero attached hydrogens (tertiary/aromatic N) is 1. The van der Waals surface area contributed by atoms with E-state index in [2.05, 4.69) is 25.7 Å². The van der Waals surface area contributed by atoms with Gasteiger partial charge in [0.15, 0.2) is 6.29 Å². The molecule has 10 unspecified atom stereocenters. The van der Waals surface area contributed by atoms with Crippen LogP contribution in [0.25, 0.3) is 0 Å². The second kappa shape index (κ2) is 13.0. The van der Waals surface area contributed by atoms with Gasteiger partial charge in [-0.2, -0.15) is 0 Å². The van der Waals surface area contributed by atoms with E-state index >= 15 is 0 Å². The first-order chi connectivity index (χ1) is 17.8. The van der Waals surface area contributed by atoms with Crippen LogP contribution in [0, 0.1) is 11.8 Å². The number of aliphatic hydroxyl groups is 1. The van der Waals surface area contributed by atoms with E-state index in [4.69, 9.17) is 23.7 Å². The first kappa shape index (κ1) is 28.5. The molecule has 1 aromatic carbocycles. The average molecular weight is 520 g/mol. The van der Waals surface area contributed by atoms with Gasteiger partial charge >= 0.3 is 5.97 Å². The van der Waals surface area contributed by atoms with Crippen LogP contribution in [0.3, 0.4) is 0 Å². The van der Waals surface area contributed by atoms with Crippen molar-refractivity contribution < 1.29 is 33.6 Å². The van der Waals surface area contributed by atoms with Gasteiger partial charge in [-0.25, -0.2) is 0 Å². The maximum absolute atomic E-state index is 11.6. The van der Waals surface area contributed by atoms with Crippen LogP contribution < -0.4 is 0 Å². The smallest absolute Gasteiger partial charge is 0.302 e. The predicted molar refractivity (Wildman–Crippen MR) is 139 cm³/mol. The summed E-state index contributed by atoms with van der Waals surface area (Å²) in [4.78, 5) is 14.0. The molecule has 4 rings (SSSR count). The van der Waals surface area contributed by atoms with Crippen LogP contribution in [0.2, 0.25) is 0 Å². The lowest BCUT2D eigenvalue weighted by molar-refractivity contribution is -0.321. The van der Waals surface area contributed by atoms with Crippen molar-refractivity contribution in [3.05, 3.63) is 35.9 Å². The molecule has 0 bridgehead atoms. The van der Waals surface area contributed by atoms with E-state index in [0.29, 0.717) is 6.61 Å². The first-order valence-corrected chi connectivity index (χ1v) is 14.0. The molecule has 0 aliphatic carbocycles. The fraction of sp³-hybridized carbons (Fsp3) is 0.759. The number of hydrogen-bond donors (Lipinski definition) is 1. The molecule has 0 amide bonds. The summed E-state index contributed by atoms with van der Waals surface area (Å²) in [6.07, 6.45) is -0.274. The van der Waals surface area contributed by atoms with Crippen LogP contribution in [-0.4, -0.2) is 84.6 Å². The fourth-order valence-corrected chi connectivity index (χ4v) is 5.74. The number of carbonyl (C=O) groups is 1. The van der Waals surface area contributed by atoms with Gasteiger partial charge in [-0.05, 0) is 31.2 Å².